The lowest BCUT2D eigenvalue weighted by Gasteiger charge is -2.63. The van der Waals surface area contributed by atoms with Crippen LogP contribution in [-0.4, -0.2) is 22.6 Å². The largest absolute Gasteiger partial charge is 0.478 e. The molecule has 4 aliphatic rings. The Morgan fingerprint density at radius 1 is 1.12 bits per heavy atom. The molecule has 0 spiro atoms. The van der Waals surface area contributed by atoms with Gasteiger partial charge in [-0.05, 0) is 91.4 Å². The Bertz CT molecular complexity index is 970. The Morgan fingerprint density at radius 3 is 2.44 bits per heavy atom. The summed E-state index contributed by atoms with van der Waals surface area (Å²) >= 11 is 0. The summed E-state index contributed by atoms with van der Waals surface area (Å²) in [5.74, 6) is 0.993. The van der Waals surface area contributed by atoms with Crippen molar-refractivity contribution in [1.29, 1.82) is 0 Å². The smallest absolute Gasteiger partial charge is 0.331 e. The van der Waals surface area contributed by atoms with Crippen molar-refractivity contribution in [3.8, 4) is 0 Å². The van der Waals surface area contributed by atoms with Gasteiger partial charge in [0.1, 0.15) is 5.78 Å². The van der Waals surface area contributed by atoms with E-state index in [1.807, 2.05) is 0 Å². The predicted octanol–water partition coefficient (Wildman–Crippen LogP) is 6.79. The summed E-state index contributed by atoms with van der Waals surface area (Å²) in [5.41, 5.74) is 1.97. The molecule has 4 nitrogen and oxygen atoms in total. The molecule has 0 bridgehead atoms. The Kier molecular flexibility index (Phi) is 6.10. The van der Waals surface area contributed by atoms with Gasteiger partial charge in [0, 0.05) is 23.8 Å². The lowest BCUT2D eigenvalue weighted by Crippen LogP contribution is -2.57. The van der Waals surface area contributed by atoms with Gasteiger partial charge >= 0.3 is 5.97 Å². The second-order valence-electron chi connectivity index (χ2n) is 13.4. The molecule has 0 aromatic heterocycles. The van der Waals surface area contributed by atoms with Crippen molar-refractivity contribution < 1.29 is 19.5 Å². The van der Waals surface area contributed by atoms with Crippen LogP contribution in [0.4, 0.5) is 0 Å². The molecule has 7 atom stereocenters. The summed E-state index contributed by atoms with van der Waals surface area (Å²) in [7, 11) is 0. The molecule has 0 heterocycles. The summed E-state index contributed by atoms with van der Waals surface area (Å²) in [6, 6.07) is 0. The Labute approximate surface area is 205 Å². The van der Waals surface area contributed by atoms with E-state index in [0.717, 1.165) is 32.1 Å². The number of allylic oxidation sites excluding steroid dienone is 3. The number of carboxylic acids is 1. The van der Waals surface area contributed by atoms with Gasteiger partial charge in [0.25, 0.3) is 0 Å². The average Bonchev–Trinajstić information content (AvgIpc) is 3.02. The summed E-state index contributed by atoms with van der Waals surface area (Å²) < 4.78 is 0. The average molecular weight is 469 g/mol. The number of carboxylic acid groups (broad SMARTS) is 1. The number of hydrogen-bond donors (Lipinski definition) is 1. The van der Waals surface area contributed by atoms with Crippen LogP contribution in [0.5, 0.6) is 0 Å². The summed E-state index contributed by atoms with van der Waals surface area (Å²) in [6.45, 7) is 15.5. The number of fused-ring (bicyclic) bond motifs is 5. The molecule has 0 aromatic rings. The van der Waals surface area contributed by atoms with Gasteiger partial charge in [-0.25, -0.2) is 4.79 Å². The quantitative estimate of drug-likeness (QED) is 0.356. The third-order valence-electron chi connectivity index (χ3n) is 11.6. The lowest BCUT2D eigenvalue weighted by molar-refractivity contribution is -0.146. The minimum Gasteiger partial charge on any atom is -0.478 e. The number of aliphatic carboxylic acids is 1. The molecule has 1 N–H and O–H groups in total. The predicted molar refractivity (Wildman–Crippen MR) is 134 cm³/mol. The number of ketones is 2. The molecule has 188 valence electrons. The van der Waals surface area contributed by atoms with Crippen molar-refractivity contribution in [1.82, 2.24) is 0 Å². The van der Waals surface area contributed by atoms with Crippen LogP contribution in [-0.2, 0) is 14.4 Å². The van der Waals surface area contributed by atoms with Crippen LogP contribution in [0.15, 0.2) is 23.3 Å². The van der Waals surface area contributed by atoms with E-state index in [2.05, 4.69) is 47.6 Å². The Morgan fingerprint density at radius 2 is 1.79 bits per heavy atom. The van der Waals surface area contributed by atoms with Gasteiger partial charge in [0.05, 0.1) is 0 Å². The molecule has 0 radical (unpaired) electrons. The zero-order valence-electron chi connectivity index (χ0n) is 22.3. The van der Waals surface area contributed by atoms with E-state index in [4.69, 9.17) is 5.11 Å². The second kappa shape index (κ2) is 8.17. The fourth-order valence-corrected chi connectivity index (χ4v) is 9.29. The third kappa shape index (κ3) is 3.49. The SMILES string of the molecule is C/C(=C\C(=O)C[C@@H](C)[C@H]1CC[C@@]2(C)C3=CC[C@H]4C(C)(C)C(=O)CC[C@]4(C)[C@H]3CC[C@]12C)C(=O)O. The molecular formula is C30H44O4. The first-order chi connectivity index (χ1) is 15.7. The highest BCUT2D eigenvalue weighted by Gasteiger charge is 2.65. The standard InChI is InChI=1S/C30H44O4/c1-18(16-20(31)17-19(2)26(33)34)21-10-14-30(7)23-8-9-24-27(3,4)25(32)12-13-28(24,5)22(23)11-15-29(21,30)6/h8,17-18,21-22,24H,9-16H2,1-7H3,(H,33,34)/b19-17+/t18-,21-,22+,24+,28-,29-,30+/m1/s1. The maximum atomic E-state index is 12.8. The zero-order chi connectivity index (χ0) is 25.3. The van der Waals surface area contributed by atoms with E-state index in [-0.39, 0.29) is 38.9 Å². The molecule has 3 fully saturated rings. The minimum atomic E-state index is -1.02. The van der Waals surface area contributed by atoms with Crippen molar-refractivity contribution in [3.05, 3.63) is 23.3 Å². The number of rotatable bonds is 5. The number of carbonyl (C=O) groups is 3. The van der Waals surface area contributed by atoms with E-state index in [1.54, 1.807) is 5.57 Å². The van der Waals surface area contributed by atoms with Gasteiger partial charge < -0.3 is 5.11 Å². The van der Waals surface area contributed by atoms with Crippen LogP contribution in [0.3, 0.4) is 0 Å². The van der Waals surface area contributed by atoms with Crippen molar-refractivity contribution in [2.45, 2.75) is 99.8 Å². The monoisotopic (exact) mass is 468 g/mol. The Balaban J connectivity index is 1.61. The van der Waals surface area contributed by atoms with E-state index in [1.165, 1.54) is 19.4 Å². The summed E-state index contributed by atoms with van der Waals surface area (Å²) in [4.78, 5) is 36.5. The zero-order valence-corrected chi connectivity index (χ0v) is 22.3. The number of carbonyl (C=O) groups excluding carboxylic acids is 2. The molecule has 0 saturated heterocycles. The summed E-state index contributed by atoms with van der Waals surface area (Å²) in [6.07, 6.45) is 11.6. The Hall–Kier alpha value is -1.71. The maximum absolute atomic E-state index is 12.8. The van der Waals surface area contributed by atoms with Crippen molar-refractivity contribution >= 4 is 17.5 Å². The van der Waals surface area contributed by atoms with Gasteiger partial charge in [-0.2, -0.15) is 0 Å². The van der Waals surface area contributed by atoms with Crippen molar-refractivity contribution in [3.63, 3.8) is 0 Å². The van der Waals surface area contributed by atoms with Crippen LogP contribution >= 0.6 is 0 Å². The summed E-state index contributed by atoms with van der Waals surface area (Å²) in [5, 5.41) is 9.12. The molecule has 4 rings (SSSR count). The lowest BCUT2D eigenvalue weighted by atomic mass is 9.41. The number of hydrogen-bond acceptors (Lipinski definition) is 3. The molecular weight excluding hydrogens is 424 g/mol. The highest BCUT2D eigenvalue weighted by Crippen LogP contribution is 2.73. The fourth-order valence-electron chi connectivity index (χ4n) is 9.29. The molecule has 3 saturated carbocycles. The van der Waals surface area contributed by atoms with E-state index < -0.39 is 5.97 Å². The molecule has 0 aliphatic heterocycles. The van der Waals surface area contributed by atoms with Crippen molar-refractivity contribution in [2.24, 2.45) is 45.3 Å². The van der Waals surface area contributed by atoms with Crippen LogP contribution < -0.4 is 0 Å². The van der Waals surface area contributed by atoms with Crippen LogP contribution in [0, 0.1) is 45.3 Å². The number of Topliss-reactive ketones (excluding diaryl/α,β-unsaturated/α-hetero) is 1. The molecule has 0 aromatic carbocycles. The third-order valence-corrected chi connectivity index (χ3v) is 11.6. The topological polar surface area (TPSA) is 71.4 Å². The first-order valence-corrected chi connectivity index (χ1v) is 13.4. The highest BCUT2D eigenvalue weighted by molar-refractivity contribution is 5.98. The van der Waals surface area contributed by atoms with Crippen LogP contribution in [0.1, 0.15) is 99.8 Å². The minimum absolute atomic E-state index is 0.0698. The first-order valence-electron chi connectivity index (χ1n) is 13.4. The molecule has 34 heavy (non-hydrogen) atoms. The van der Waals surface area contributed by atoms with Gasteiger partial charge in [-0.3, -0.25) is 9.59 Å². The van der Waals surface area contributed by atoms with Gasteiger partial charge in [-0.1, -0.05) is 53.2 Å². The van der Waals surface area contributed by atoms with Gasteiger partial charge in [-0.15, -0.1) is 0 Å². The first kappa shape index (κ1) is 25.4. The van der Waals surface area contributed by atoms with Crippen LogP contribution in [0.25, 0.3) is 0 Å². The molecule has 0 amide bonds. The normalized spacial score (nSPS) is 42.2. The van der Waals surface area contributed by atoms with E-state index in [0.29, 0.717) is 36.4 Å². The van der Waals surface area contributed by atoms with Gasteiger partial charge in [0.15, 0.2) is 5.78 Å². The second-order valence-corrected chi connectivity index (χ2v) is 13.4. The maximum Gasteiger partial charge on any atom is 0.331 e. The highest BCUT2D eigenvalue weighted by atomic mass is 16.4. The van der Waals surface area contributed by atoms with Gasteiger partial charge in [0.2, 0.25) is 0 Å². The van der Waals surface area contributed by atoms with Crippen LogP contribution in [0.2, 0.25) is 0 Å². The molecule has 0 unspecified atom stereocenters. The van der Waals surface area contributed by atoms with E-state index >= 15 is 0 Å². The van der Waals surface area contributed by atoms with E-state index in [9.17, 15) is 14.4 Å². The molecule has 4 heteroatoms. The molecule has 4 aliphatic carbocycles. The van der Waals surface area contributed by atoms with Crippen molar-refractivity contribution in [2.75, 3.05) is 0 Å². The fraction of sp³-hybridized carbons (Fsp3) is 0.767.